The van der Waals surface area contributed by atoms with Gasteiger partial charge < -0.3 is 5.02 Å². The van der Waals surface area contributed by atoms with Crippen LogP contribution in [0.3, 0.4) is 0 Å². The van der Waals surface area contributed by atoms with Gasteiger partial charge in [0.05, 0.1) is 0 Å². The Balaban J connectivity index is 2.98. The van der Waals surface area contributed by atoms with E-state index in [-0.39, 0.29) is 0 Å². The van der Waals surface area contributed by atoms with Crippen LogP contribution in [0.25, 0.3) is 0 Å². The van der Waals surface area contributed by atoms with Gasteiger partial charge in [-0.3, -0.25) is 0 Å². The molecule has 0 fully saturated rings. The summed E-state index contributed by atoms with van der Waals surface area (Å²) in [5.74, 6) is 0. The normalized spacial score (nSPS) is 9.67. The summed E-state index contributed by atoms with van der Waals surface area (Å²) in [6, 6.07) is 1.89. The number of aryl methyl sites for hydroxylation is 1. The van der Waals surface area contributed by atoms with Crippen molar-refractivity contribution in [2.45, 2.75) is 6.92 Å². The molecule has 9 heavy (non-hydrogen) atoms. The highest BCUT2D eigenvalue weighted by Crippen LogP contribution is 2.18. The van der Waals surface area contributed by atoms with Gasteiger partial charge in [-0.2, -0.15) is 11.3 Å². The van der Waals surface area contributed by atoms with Crippen molar-refractivity contribution in [1.82, 2.24) is 0 Å². The maximum atomic E-state index is 8.54. The molecular weight excluding hydrogens is 199 g/mol. The highest BCUT2D eigenvalue weighted by Gasteiger charge is 2.01. The molecule has 1 radical (unpaired) electrons. The van der Waals surface area contributed by atoms with Crippen LogP contribution in [0.4, 0.5) is 0 Å². The first-order valence-electron chi connectivity index (χ1n) is 2.47. The van der Waals surface area contributed by atoms with Crippen molar-refractivity contribution in [2.24, 2.45) is 0 Å². The summed E-state index contributed by atoms with van der Waals surface area (Å²) in [5, 5.41) is 8.54. The SMILES string of the molecule is Cc1sc([B]O)cc1Br. The minimum absolute atomic E-state index is 0.888. The van der Waals surface area contributed by atoms with Crippen molar-refractivity contribution < 1.29 is 5.02 Å². The lowest BCUT2D eigenvalue weighted by molar-refractivity contribution is 0.616. The largest absolute Gasteiger partial charge is 0.449 e. The molecule has 1 rings (SSSR count). The van der Waals surface area contributed by atoms with Gasteiger partial charge in [-0.15, -0.1) is 0 Å². The summed E-state index contributed by atoms with van der Waals surface area (Å²) in [7, 11) is 1.11. The Kier molecular flexibility index (Phi) is 2.32. The van der Waals surface area contributed by atoms with E-state index in [0.717, 1.165) is 16.7 Å². The maximum Gasteiger partial charge on any atom is 0.337 e. The molecule has 1 aromatic rings. The average molecular weight is 204 g/mol. The quantitative estimate of drug-likeness (QED) is 0.677. The molecule has 1 N–H and O–H groups in total. The zero-order chi connectivity index (χ0) is 6.85. The van der Waals surface area contributed by atoms with Crippen LogP contribution >= 0.6 is 27.3 Å². The van der Waals surface area contributed by atoms with Crippen molar-refractivity contribution in [3.8, 4) is 0 Å². The molecule has 0 aromatic carbocycles. The van der Waals surface area contributed by atoms with Gasteiger partial charge in [0, 0.05) is 14.1 Å². The summed E-state index contributed by atoms with van der Waals surface area (Å²) in [4.78, 5) is 1.19. The molecule has 1 heterocycles. The molecule has 0 aliphatic heterocycles. The molecule has 0 aliphatic carbocycles. The second-order valence-electron chi connectivity index (χ2n) is 1.68. The number of rotatable bonds is 1. The number of hydrogen-bond acceptors (Lipinski definition) is 2. The molecule has 0 saturated carbocycles. The molecular formula is C5H5BBrOS. The number of hydrogen-bond donors (Lipinski definition) is 1. The molecule has 0 amide bonds. The zero-order valence-corrected chi connectivity index (χ0v) is 7.29. The van der Waals surface area contributed by atoms with Crippen LogP contribution in [0.15, 0.2) is 10.5 Å². The third kappa shape index (κ3) is 1.57. The van der Waals surface area contributed by atoms with Gasteiger partial charge in [0.15, 0.2) is 0 Å². The molecule has 4 heteroatoms. The first kappa shape index (κ1) is 7.31. The van der Waals surface area contributed by atoms with E-state index in [1.54, 1.807) is 11.3 Å². The van der Waals surface area contributed by atoms with Crippen LogP contribution in [0.5, 0.6) is 0 Å². The van der Waals surface area contributed by atoms with E-state index in [2.05, 4.69) is 15.9 Å². The van der Waals surface area contributed by atoms with Gasteiger partial charge >= 0.3 is 7.48 Å². The molecule has 0 unspecified atom stereocenters. The lowest BCUT2D eigenvalue weighted by Crippen LogP contribution is -2.06. The maximum absolute atomic E-state index is 8.54. The van der Waals surface area contributed by atoms with E-state index in [1.807, 2.05) is 13.0 Å². The summed E-state index contributed by atoms with van der Waals surface area (Å²) in [6.07, 6.45) is 0. The Morgan fingerprint density at radius 1 is 1.78 bits per heavy atom. The van der Waals surface area contributed by atoms with Crippen LogP contribution in [-0.2, 0) is 0 Å². The van der Waals surface area contributed by atoms with Crippen LogP contribution in [-0.4, -0.2) is 12.5 Å². The first-order valence-corrected chi connectivity index (χ1v) is 4.08. The summed E-state index contributed by atoms with van der Waals surface area (Å²) in [6.45, 7) is 2.00. The van der Waals surface area contributed by atoms with E-state index in [9.17, 15) is 0 Å². The minimum Gasteiger partial charge on any atom is -0.449 e. The standard InChI is InChI=1S/C5H5BBrOS/c1-3-4(7)2-5(6-8)9-3/h2,8H,1H3. The van der Waals surface area contributed by atoms with Crippen LogP contribution in [0, 0.1) is 6.92 Å². The molecule has 0 atom stereocenters. The Morgan fingerprint density at radius 2 is 2.44 bits per heavy atom. The highest BCUT2D eigenvalue weighted by atomic mass is 79.9. The monoisotopic (exact) mass is 203 g/mol. The predicted octanol–water partition coefficient (Wildman–Crippen LogP) is 1.06. The molecule has 0 saturated heterocycles. The average Bonchev–Trinajstić information content (AvgIpc) is 2.13. The lowest BCUT2D eigenvalue weighted by Gasteiger charge is -1.78. The first-order chi connectivity index (χ1) is 4.24. The zero-order valence-electron chi connectivity index (χ0n) is 4.89. The Bertz CT molecular complexity index is 191. The van der Waals surface area contributed by atoms with Gasteiger partial charge in [0.2, 0.25) is 0 Å². The summed E-state index contributed by atoms with van der Waals surface area (Å²) < 4.78 is 1.95. The fourth-order valence-corrected chi connectivity index (χ4v) is 1.93. The van der Waals surface area contributed by atoms with Crippen LogP contribution in [0.1, 0.15) is 4.88 Å². The van der Waals surface area contributed by atoms with Gasteiger partial charge in [-0.1, -0.05) is 0 Å². The highest BCUT2D eigenvalue weighted by molar-refractivity contribution is 9.10. The molecule has 0 bridgehead atoms. The van der Waals surface area contributed by atoms with E-state index in [0.29, 0.717) is 0 Å². The van der Waals surface area contributed by atoms with Gasteiger partial charge in [-0.25, -0.2) is 0 Å². The third-order valence-corrected chi connectivity index (χ3v) is 3.07. The Labute approximate surface area is 67.1 Å². The third-order valence-electron chi connectivity index (χ3n) is 1.00. The van der Waals surface area contributed by atoms with Crippen molar-refractivity contribution in [2.75, 3.05) is 0 Å². The van der Waals surface area contributed by atoms with E-state index < -0.39 is 0 Å². The number of thiophene rings is 1. The van der Waals surface area contributed by atoms with Crippen molar-refractivity contribution in [1.29, 1.82) is 0 Å². The summed E-state index contributed by atoms with van der Waals surface area (Å²) in [5.41, 5.74) is 0. The molecule has 0 spiro atoms. The van der Waals surface area contributed by atoms with E-state index >= 15 is 0 Å². The van der Waals surface area contributed by atoms with Crippen LogP contribution < -0.4 is 4.78 Å². The Morgan fingerprint density at radius 3 is 2.67 bits per heavy atom. The lowest BCUT2D eigenvalue weighted by atomic mass is 10.0. The topological polar surface area (TPSA) is 20.2 Å². The number of halogens is 1. The molecule has 1 aromatic heterocycles. The van der Waals surface area contributed by atoms with Gasteiger partial charge in [0.25, 0.3) is 0 Å². The molecule has 0 aliphatic rings. The summed E-state index contributed by atoms with van der Waals surface area (Å²) >= 11 is 4.90. The van der Waals surface area contributed by atoms with Gasteiger partial charge in [0.1, 0.15) is 0 Å². The van der Waals surface area contributed by atoms with Crippen molar-refractivity contribution >= 4 is 39.5 Å². The van der Waals surface area contributed by atoms with E-state index in [1.165, 1.54) is 4.88 Å². The van der Waals surface area contributed by atoms with Crippen molar-refractivity contribution in [3.63, 3.8) is 0 Å². The fraction of sp³-hybridized carbons (Fsp3) is 0.200. The van der Waals surface area contributed by atoms with Crippen molar-refractivity contribution in [3.05, 3.63) is 15.4 Å². The molecule has 47 valence electrons. The Hall–Kier alpha value is 0.205. The second-order valence-corrected chi connectivity index (χ2v) is 3.82. The smallest absolute Gasteiger partial charge is 0.337 e. The fourth-order valence-electron chi connectivity index (χ4n) is 0.545. The second kappa shape index (κ2) is 2.86. The predicted molar refractivity (Wildman–Crippen MR) is 44.4 cm³/mol. The van der Waals surface area contributed by atoms with Gasteiger partial charge in [-0.05, 0) is 28.9 Å². The van der Waals surface area contributed by atoms with Crippen LogP contribution in [0.2, 0.25) is 0 Å². The molecule has 1 nitrogen and oxygen atoms in total. The van der Waals surface area contributed by atoms with E-state index in [4.69, 9.17) is 5.02 Å². The minimum atomic E-state index is 0.888.